The van der Waals surface area contributed by atoms with Gasteiger partial charge in [0.25, 0.3) is 0 Å². The summed E-state index contributed by atoms with van der Waals surface area (Å²) in [5, 5.41) is 3.30. The minimum absolute atomic E-state index is 0. The Labute approximate surface area is 129 Å². The molecule has 2 aliphatic rings. The molecule has 0 bridgehead atoms. The second-order valence-electron chi connectivity index (χ2n) is 5.68. The van der Waals surface area contributed by atoms with Crippen molar-refractivity contribution in [1.29, 1.82) is 0 Å². The van der Waals surface area contributed by atoms with Gasteiger partial charge in [-0.3, -0.25) is 4.79 Å². The Bertz CT molecular complexity index is 263. The monoisotopic (exact) mass is 311 g/mol. The molecule has 2 saturated heterocycles. The van der Waals surface area contributed by atoms with Crippen LogP contribution >= 0.6 is 24.8 Å². The Balaban J connectivity index is 0.00000162. The fourth-order valence-electron chi connectivity index (χ4n) is 2.97. The van der Waals surface area contributed by atoms with E-state index in [2.05, 4.69) is 29.2 Å². The lowest BCUT2D eigenvalue weighted by Gasteiger charge is -2.34. The van der Waals surface area contributed by atoms with E-state index in [0.29, 0.717) is 5.91 Å². The van der Waals surface area contributed by atoms with E-state index in [1.165, 1.54) is 0 Å². The predicted octanol–water partition coefficient (Wildman–Crippen LogP) is 1.38. The smallest absolute Gasteiger partial charge is 0.239 e. The lowest BCUT2D eigenvalue weighted by atomic mass is 9.96. The van der Waals surface area contributed by atoms with Crippen LogP contribution in [0.2, 0.25) is 0 Å². The van der Waals surface area contributed by atoms with Crippen molar-refractivity contribution in [3.05, 3.63) is 0 Å². The molecule has 0 aliphatic carbocycles. The molecule has 0 aromatic carbocycles. The number of carbonyl (C=O) groups is 1. The fourth-order valence-corrected chi connectivity index (χ4v) is 2.97. The number of piperidine rings is 1. The molecule has 2 heterocycles. The van der Waals surface area contributed by atoms with Crippen LogP contribution in [0.4, 0.5) is 0 Å². The van der Waals surface area contributed by atoms with Crippen molar-refractivity contribution in [2.45, 2.75) is 31.7 Å². The van der Waals surface area contributed by atoms with Crippen LogP contribution in [0.15, 0.2) is 0 Å². The van der Waals surface area contributed by atoms with Crippen LogP contribution in [0.1, 0.15) is 25.7 Å². The molecule has 2 aliphatic heterocycles. The van der Waals surface area contributed by atoms with Crippen LogP contribution in [0.3, 0.4) is 0 Å². The van der Waals surface area contributed by atoms with E-state index < -0.39 is 0 Å². The molecule has 0 saturated carbocycles. The average molecular weight is 312 g/mol. The largest absolute Gasteiger partial charge is 0.341 e. The number of nitrogens with one attached hydrogen (secondary N) is 1. The highest BCUT2D eigenvalue weighted by atomic mass is 35.5. The molecule has 4 nitrogen and oxygen atoms in total. The summed E-state index contributed by atoms with van der Waals surface area (Å²) >= 11 is 0. The maximum atomic E-state index is 12.2. The van der Waals surface area contributed by atoms with Gasteiger partial charge in [-0.05, 0) is 52.2 Å². The zero-order valence-electron chi connectivity index (χ0n) is 11.9. The number of likely N-dealkylation sites (tertiary alicyclic amines) is 1. The first-order valence-electron chi connectivity index (χ1n) is 6.83. The maximum Gasteiger partial charge on any atom is 0.239 e. The molecule has 0 spiro atoms. The van der Waals surface area contributed by atoms with Crippen LogP contribution < -0.4 is 5.32 Å². The number of hydrogen-bond acceptors (Lipinski definition) is 3. The quantitative estimate of drug-likeness (QED) is 0.855. The van der Waals surface area contributed by atoms with Gasteiger partial charge in [-0.25, -0.2) is 0 Å². The third kappa shape index (κ3) is 5.46. The van der Waals surface area contributed by atoms with Crippen molar-refractivity contribution in [1.82, 2.24) is 15.1 Å². The second-order valence-corrected chi connectivity index (χ2v) is 5.68. The van der Waals surface area contributed by atoms with Crippen molar-refractivity contribution in [2.24, 2.45) is 5.92 Å². The van der Waals surface area contributed by atoms with Crippen LogP contribution in [0.25, 0.3) is 0 Å². The van der Waals surface area contributed by atoms with Gasteiger partial charge in [0, 0.05) is 19.6 Å². The van der Waals surface area contributed by atoms with Gasteiger partial charge in [0.1, 0.15) is 0 Å². The van der Waals surface area contributed by atoms with E-state index >= 15 is 0 Å². The van der Waals surface area contributed by atoms with Gasteiger partial charge >= 0.3 is 0 Å². The Kier molecular flexibility index (Phi) is 8.99. The maximum absolute atomic E-state index is 12.2. The Hall–Kier alpha value is -0.0300. The van der Waals surface area contributed by atoms with Crippen LogP contribution in [0.5, 0.6) is 0 Å². The molecule has 0 aromatic rings. The molecule has 6 heteroatoms. The van der Waals surface area contributed by atoms with Gasteiger partial charge in [-0.1, -0.05) is 0 Å². The predicted molar refractivity (Wildman–Crippen MR) is 83.4 cm³/mol. The molecule has 1 N–H and O–H groups in total. The number of rotatable bonds is 3. The normalized spacial score (nSPS) is 23.9. The van der Waals surface area contributed by atoms with Gasteiger partial charge in [0.2, 0.25) is 5.91 Å². The summed E-state index contributed by atoms with van der Waals surface area (Å²) in [5.41, 5.74) is 0. The van der Waals surface area contributed by atoms with E-state index in [1.54, 1.807) is 0 Å². The van der Waals surface area contributed by atoms with E-state index in [1.807, 2.05) is 0 Å². The van der Waals surface area contributed by atoms with Crippen LogP contribution in [-0.4, -0.2) is 62.0 Å². The summed E-state index contributed by atoms with van der Waals surface area (Å²) in [5.74, 6) is 1.11. The number of halogens is 2. The Morgan fingerprint density at radius 2 is 1.84 bits per heavy atom. The van der Waals surface area contributed by atoms with Gasteiger partial charge in [0.05, 0.1) is 6.04 Å². The van der Waals surface area contributed by atoms with Crippen LogP contribution in [-0.2, 0) is 4.79 Å². The van der Waals surface area contributed by atoms with Crippen molar-refractivity contribution in [3.8, 4) is 0 Å². The molecule has 2 fully saturated rings. The SMILES string of the molecule is CN(C)CC1CCN(C(=O)[C@@H]2CCCN2)CC1.Cl.Cl. The fraction of sp³-hybridized carbons (Fsp3) is 0.923. The molecule has 0 aromatic heterocycles. The highest BCUT2D eigenvalue weighted by Crippen LogP contribution is 2.19. The minimum Gasteiger partial charge on any atom is -0.341 e. The van der Waals surface area contributed by atoms with Crippen LogP contribution in [0, 0.1) is 5.92 Å². The first-order chi connectivity index (χ1) is 8.16. The zero-order valence-corrected chi connectivity index (χ0v) is 13.6. The van der Waals surface area contributed by atoms with Crippen molar-refractivity contribution < 1.29 is 4.79 Å². The standard InChI is InChI=1S/C13H25N3O.2ClH/c1-15(2)10-11-5-8-16(9-6-11)13(17)12-4-3-7-14-12;;/h11-12,14H,3-10H2,1-2H3;2*1H/t12-;;/m0../s1. The topological polar surface area (TPSA) is 35.6 Å². The molecular weight excluding hydrogens is 285 g/mol. The highest BCUT2D eigenvalue weighted by Gasteiger charge is 2.29. The average Bonchev–Trinajstić information content (AvgIpc) is 2.82. The Morgan fingerprint density at radius 1 is 1.21 bits per heavy atom. The lowest BCUT2D eigenvalue weighted by Crippen LogP contribution is -2.47. The molecule has 1 atom stereocenters. The minimum atomic E-state index is 0. The summed E-state index contributed by atoms with van der Waals surface area (Å²) in [4.78, 5) is 16.5. The summed E-state index contributed by atoms with van der Waals surface area (Å²) in [6.07, 6.45) is 4.50. The third-order valence-corrected chi connectivity index (χ3v) is 3.91. The summed E-state index contributed by atoms with van der Waals surface area (Å²) in [6, 6.07) is 0.111. The second kappa shape index (κ2) is 9.01. The summed E-state index contributed by atoms with van der Waals surface area (Å²) in [7, 11) is 4.25. The molecule has 0 radical (unpaired) electrons. The molecule has 2 rings (SSSR count). The van der Waals surface area contributed by atoms with E-state index in [0.717, 1.165) is 57.8 Å². The number of hydrogen-bond donors (Lipinski definition) is 1. The third-order valence-electron chi connectivity index (χ3n) is 3.91. The van der Waals surface area contributed by atoms with Gasteiger partial charge in [-0.2, -0.15) is 0 Å². The van der Waals surface area contributed by atoms with Gasteiger partial charge in [-0.15, -0.1) is 24.8 Å². The summed E-state index contributed by atoms with van der Waals surface area (Å²) in [6.45, 7) is 4.07. The molecule has 19 heavy (non-hydrogen) atoms. The van der Waals surface area contributed by atoms with E-state index in [-0.39, 0.29) is 30.9 Å². The lowest BCUT2D eigenvalue weighted by molar-refractivity contribution is -0.134. The van der Waals surface area contributed by atoms with Gasteiger partial charge in [0.15, 0.2) is 0 Å². The molecule has 114 valence electrons. The van der Waals surface area contributed by atoms with Gasteiger partial charge < -0.3 is 15.1 Å². The van der Waals surface area contributed by atoms with Crippen molar-refractivity contribution >= 4 is 30.7 Å². The number of amides is 1. The molecule has 0 unspecified atom stereocenters. The van der Waals surface area contributed by atoms with Crippen molar-refractivity contribution in [2.75, 3.05) is 40.3 Å². The molecule has 1 amide bonds. The highest BCUT2D eigenvalue weighted by molar-refractivity contribution is 5.85. The van der Waals surface area contributed by atoms with E-state index in [4.69, 9.17) is 0 Å². The molecular formula is C13H27Cl2N3O. The first-order valence-corrected chi connectivity index (χ1v) is 6.83. The first kappa shape index (κ1) is 19.0. The Morgan fingerprint density at radius 3 is 2.32 bits per heavy atom. The zero-order chi connectivity index (χ0) is 12.3. The number of carbonyl (C=O) groups excluding carboxylic acids is 1. The van der Waals surface area contributed by atoms with E-state index in [9.17, 15) is 4.79 Å². The number of nitrogens with zero attached hydrogens (tertiary/aromatic N) is 2. The van der Waals surface area contributed by atoms with Crippen molar-refractivity contribution in [3.63, 3.8) is 0 Å². The summed E-state index contributed by atoms with van der Waals surface area (Å²) < 4.78 is 0.